The van der Waals surface area contributed by atoms with Crippen molar-refractivity contribution < 1.29 is 0 Å². The van der Waals surface area contributed by atoms with Gasteiger partial charge in [0.15, 0.2) is 0 Å². The molecule has 0 spiro atoms. The van der Waals surface area contributed by atoms with Crippen LogP contribution in [0.4, 0.5) is 0 Å². The quantitative estimate of drug-likeness (QED) is 0.848. The van der Waals surface area contributed by atoms with Crippen LogP contribution in [0.3, 0.4) is 0 Å². The van der Waals surface area contributed by atoms with Crippen molar-refractivity contribution in [3.63, 3.8) is 0 Å². The first-order valence-corrected chi connectivity index (χ1v) is 7.57. The Morgan fingerprint density at radius 1 is 1.28 bits per heavy atom. The van der Waals surface area contributed by atoms with Crippen LogP contribution in [0.1, 0.15) is 43.2 Å². The largest absolute Gasteiger partial charge is 0.316 e. The SMILES string of the molecule is Cc1cc(C2([C@@H]3CCNC3)CCCC2)ccc1Cl. The Labute approximate surface area is 115 Å². The highest BCUT2D eigenvalue weighted by Crippen LogP contribution is 2.49. The zero-order valence-corrected chi connectivity index (χ0v) is 11.9. The van der Waals surface area contributed by atoms with Crippen LogP contribution in [-0.4, -0.2) is 13.1 Å². The fourth-order valence-electron chi connectivity index (χ4n) is 4.02. The van der Waals surface area contributed by atoms with E-state index in [1.807, 2.05) is 0 Å². The Hall–Kier alpha value is -0.530. The summed E-state index contributed by atoms with van der Waals surface area (Å²) in [5.41, 5.74) is 3.20. The lowest BCUT2D eigenvalue weighted by Gasteiger charge is -2.36. The summed E-state index contributed by atoms with van der Waals surface area (Å²) in [4.78, 5) is 0. The monoisotopic (exact) mass is 263 g/mol. The summed E-state index contributed by atoms with van der Waals surface area (Å²) in [5, 5.41) is 4.44. The van der Waals surface area contributed by atoms with Gasteiger partial charge in [-0.15, -0.1) is 0 Å². The molecule has 1 atom stereocenters. The molecular weight excluding hydrogens is 242 g/mol. The van der Waals surface area contributed by atoms with Crippen LogP contribution in [0.15, 0.2) is 18.2 Å². The summed E-state index contributed by atoms with van der Waals surface area (Å²) in [6, 6.07) is 6.71. The van der Waals surface area contributed by atoms with E-state index in [4.69, 9.17) is 11.6 Å². The highest BCUT2D eigenvalue weighted by molar-refractivity contribution is 6.31. The minimum atomic E-state index is 0.429. The molecular formula is C16H22ClN. The maximum atomic E-state index is 6.18. The molecule has 1 heterocycles. The van der Waals surface area contributed by atoms with E-state index in [9.17, 15) is 0 Å². The van der Waals surface area contributed by atoms with Crippen molar-refractivity contribution in [2.45, 2.75) is 44.4 Å². The van der Waals surface area contributed by atoms with Crippen molar-refractivity contribution in [2.24, 2.45) is 5.92 Å². The summed E-state index contributed by atoms with van der Waals surface area (Å²) in [7, 11) is 0. The van der Waals surface area contributed by atoms with E-state index in [1.165, 1.54) is 56.3 Å². The van der Waals surface area contributed by atoms with Gasteiger partial charge in [-0.3, -0.25) is 0 Å². The molecule has 1 nitrogen and oxygen atoms in total. The van der Waals surface area contributed by atoms with Crippen LogP contribution in [0.5, 0.6) is 0 Å². The third kappa shape index (κ3) is 1.98. The standard InChI is InChI=1S/C16H22ClN/c1-12-10-13(4-5-15(12)17)16(7-2-3-8-16)14-6-9-18-11-14/h4-5,10,14,18H,2-3,6-9,11H2,1H3/t14-/m1/s1. The van der Waals surface area contributed by atoms with Gasteiger partial charge in [-0.2, -0.15) is 0 Å². The predicted molar refractivity (Wildman–Crippen MR) is 77.3 cm³/mol. The van der Waals surface area contributed by atoms with Crippen LogP contribution < -0.4 is 5.32 Å². The summed E-state index contributed by atoms with van der Waals surface area (Å²) in [5.74, 6) is 0.820. The van der Waals surface area contributed by atoms with Crippen molar-refractivity contribution in [3.8, 4) is 0 Å². The third-order valence-electron chi connectivity index (χ3n) is 5.07. The molecule has 0 bridgehead atoms. The van der Waals surface area contributed by atoms with E-state index in [0.717, 1.165) is 10.9 Å². The zero-order valence-electron chi connectivity index (χ0n) is 11.1. The van der Waals surface area contributed by atoms with Gasteiger partial charge in [0.05, 0.1) is 0 Å². The van der Waals surface area contributed by atoms with Gasteiger partial charge in [0.2, 0.25) is 0 Å². The number of halogens is 1. The number of hydrogen-bond donors (Lipinski definition) is 1. The first-order chi connectivity index (χ1) is 8.72. The van der Waals surface area contributed by atoms with Crippen molar-refractivity contribution >= 4 is 11.6 Å². The average molecular weight is 264 g/mol. The number of rotatable bonds is 2. The molecule has 2 fully saturated rings. The van der Waals surface area contributed by atoms with Gasteiger partial charge >= 0.3 is 0 Å². The van der Waals surface area contributed by atoms with Crippen LogP contribution in [-0.2, 0) is 5.41 Å². The van der Waals surface area contributed by atoms with Crippen LogP contribution >= 0.6 is 11.6 Å². The van der Waals surface area contributed by atoms with Crippen LogP contribution in [0.2, 0.25) is 5.02 Å². The molecule has 0 amide bonds. The zero-order chi connectivity index (χ0) is 12.6. The Balaban J connectivity index is 2.00. The number of aryl methyl sites for hydroxylation is 1. The van der Waals surface area contributed by atoms with Crippen LogP contribution in [0.25, 0.3) is 0 Å². The summed E-state index contributed by atoms with van der Waals surface area (Å²) < 4.78 is 0. The average Bonchev–Trinajstić information content (AvgIpc) is 3.01. The molecule has 0 radical (unpaired) electrons. The topological polar surface area (TPSA) is 12.0 Å². The Bertz CT molecular complexity index is 429. The minimum absolute atomic E-state index is 0.429. The van der Waals surface area contributed by atoms with Gasteiger partial charge in [0.1, 0.15) is 0 Å². The van der Waals surface area contributed by atoms with E-state index >= 15 is 0 Å². The van der Waals surface area contributed by atoms with Crippen molar-refractivity contribution in [1.82, 2.24) is 5.32 Å². The van der Waals surface area contributed by atoms with Crippen molar-refractivity contribution in [2.75, 3.05) is 13.1 Å². The van der Waals surface area contributed by atoms with Gasteiger partial charge < -0.3 is 5.32 Å². The third-order valence-corrected chi connectivity index (χ3v) is 5.49. The highest BCUT2D eigenvalue weighted by atomic mass is 35.5. The van der Waals surface area contributed by atoms with Crippen molar-refractivity contribution in [1.29, 1.82) is 0 Å². The van der Waals surface area contributed by atoms with E-state index in [-0.39, 0.29) is 0 Å². The van der Waals surface area contributed by atoms with Gasteiger partial charge in [0, 0.05) is 5.02 Å². The predicted octanol–water partition coefficient (Wildman–Crippen LogP) is 4.07. The molecule has 1 aromatic carbocycles. The lowest BCUT2D eigenvalue weighted by Crippen LogP contribution is -2.34. The van der Waals surface area contributed by atoms with Crippen molar-refractivity contribution in [3.05, 3.63) is 34.3 Å². The lowest BCUT2D eigenvalue weighted by atomic mass is 9.68. The second-order valence-corrected chi connectivity index (χ2v) is 6.42. The first kappa shape index (κ1) is 12.5. The number of hydrogen-bond acceptors (Lipinski definition) is 1. The van der Waals surface area contributed by atoms with Gasteiger partial charge in [-0.25, -0.2) is 0 Å². The molecule has 0 unspecified atom stereocenters. The molecule has 98 valence electrons. The molecule has 0 aromatic heterocycles. The Morgan fingerprint density at radius 2 is 2.06 bits per heavy atom. The molecule has 1 N–H and O–H groups in total. The molecule has 1 aromatic rings. The summed E-state index contributed by atoms with van der Waals surface area (Å²) in [6.45, 7) is 4.52. The van der Waals surface area contributed by atoms with Crippen LogP contribution in [0, 0.1) is 12.8 Å². The van der Waals surface area contributed by atoms with Gasteiger partial charge in [-0.05, 0) is 67.8 Å². The highest BCUT2D eigenvalue weighted by Gasteiger charge is 2.43. The lowest BCUT2D eigenvalue weighted by molar-refractivity contribution is 0.291. The fraction of sp³-hybridized carbons (Fsp3) is 0.625. The second-order valence-electron chi connectivity index (χ2n) is 6.02. The first-order valence-electron chi connectivity index (χ1n) is 7.20. The normalized spacial score (nSPS) is 26.7. The molecule has 1 saturated carbocycles. The second kappa shape index (κ2) is 4.86. The number of nitrogens with one attached hydrogen (secondary N) is 1. The smallest absolute Gasteiger partial charge is 0.0435 e. The maximum Gasteiger partial charge on any atom is 0.0435 e. The Kier molecular flexibility index (Phi) is 3.38. The summed E-state index contributed by atoms with van der Waals surface area (Å²) >= 11 is 6.18. The summed E-state index contributed by atoms with van der Waals surface area (Å²) in [6.07, 6.45) is 6.83. The fourth-order valence-corrected chi connectivity index (χ4v) is 4.14. The van der Waals surface area contributed by atoms with Gasteiger partial charge in [-0.1, -0.05) is 36.6 Å². The minimum Gasteiger partial charge on any atom is -0.316 e. The van der Waals surface area contributed by atoms with E-state index in [0.29, 0.717) is 5.41 Å². The molecule has 18 heavy (non-hydrogen) atoms. The molecule has 2 aliphatic rings. The molecule has 1 aliphatic heterocycles. The van der Waals surface area contributed by atoms with Gasteiger partial charge in [0.25, 0.3) is 0 Å². The number of benzene rings is 1. The molecule has 1 saturated heterocycles. The Morgan fingerprint density at radius 3 is 2.67 bits per heavy atom. The molecule has 3 rings (SSSR count). The van der Waals surface area contributed by atoms with E-state index in [1.54, 1.807) is 0 Å². The maximum absolute atomic E-state index is 6.18. The van der Waals surface area contributed by atoms with E-state index < -0.39 is 0 Å². The molecule has 1 aliphatic carbocycles. The molecule has 2 heteroatoms. The van der Waals surface area contributed by atoms with E-state index in [2.05, 4.69) is 30.4 Å².